The average Bonchev–Trinajstić information content (AvgIpc) is 2.60. The number of fused-ring (bicyclic) bond motifs is 1. The van der Waals surface area contributed by atoms with Gasteiger partial charge < -0.3 is 14.7 Å². The lowest BCUT2D eigenvalue weighted by atomic mass is 10.1. The number of nitrogens with zero attached hydrogens (tertiary/aromatic N) is 3. The van der Waals surface area contributed by atoms with Crippen LogP contribution >= 0.6 is 0 Å². The Hall–Kier alpha value is -1.85. The molecule has 1 aliphatic rings. The van der Waals surface area contributed by atoms with Gasteiger partial charge in [-0.2, -0.15) is 0 Å². The zero-order valence-electron chi connectivity index (χ0n) is 14.0. The molecule has 0 aliphatic carbocycles. The number of anilines is 1. The van der Waals surface area contributed by atoms with Crippen molar-refractivity contribution in [2.24, 2.45) is 0 Å². The number of rotatable bonds is 5. The highest BCUT2D eigenvalue weighted by molar-refractivity contribution is 5.96. The number of pyridine rings is 1. The molecule has 1 aliphatic heterocycles. The van der Waals surface area contributed by atoms with E-state index < -0.39 is 0 Å². The monoisotopic (exact) mass is 315 g/mol. The van der Waals surface area contributed by atoms with Crippen molar-refractivity contribution in [2.45, 2.75) is 13.3 Å². The number of methoxy groups -OCH3 is 1. The first-order valence-electron chi connectivity index (χ1n) is 8.25. The molecule has 0 amide bonds. The molecule has 1 saturated heterocycles. The lowest BCUT2D eigenvalue weighted by molar-refractivity contribution is 0.216. The van der Waals surface area contributed by atoms with Crippen LogP contribution in [0.3, 0.4) is 0 Å². The number of aliphatic hydroxyl groups is 1. The number of para-hydroxylation sites is 1. The third-order valence-corrected chi connectivity index (χ3v) is 4.56. The maximum absolute atomic E-state index is 8.98. The first-order chi connectivity index (χ1) is 11.2. The van der Waals surface area contributed by atoms with E-state index in [-0.39, 0.29) is 6.61 Å². The van der Waals surface area contributed by atoms with Crippen molar-refractivity contribution in [2.75, 3.05) is 51.3 Å². The third kappa shape index (κ3) is 3.26. The smallest absolute Gasteiger partial charge is 0.145 e. The maximum Gasteiger partial charge on any atom is 0.145 e. The van der Waals surface area contributed by atoms with Gasteiger partial charge in [0.15, 0.2) is 0 Å². The minimum atomic E-state index is 0.272. The molecule has 5 heteroatoms. The highest BCUT2D eigenvalue weighted by Gasteiger charge is 2.20. The lowest BCUT2D eigenvalue weighted by Gasteiger charge is -2.37. The van der Waals surface area contributed by atoms with Gasteiger partial charge in [-0.15, -0.1) is 0 Å². The van der Waals surface area contributed by atoms with Crippen molar-refractivity contribution in [3.05, 3.63) is 30.0 Å². The van der Waals surface area contributed by atoms with Crippen LogP contribution in [0.1, 0.15) is 12.0 Å². The van der Waals surface area contributed by atoms with Crippen LogP contribution in [0.25, 0.3) is 10.9 Å². The molecule has 1 aromatic carbocycles. The summed E-state index contributed by atoms with van der Waals surface area (Å²) in [7, 11) is 1.69. The van der Waals surface area contributed by atoms with Gasteiger partial charge >= 0.3 is 0 Å². The fraction of sp³-hybridized carbons (Fsp3) is 0.500. The quantitative estimate of drug-likeness (QED) is 0.915. The van der Waals surface area contributed by atoms with E-state index in [4.69, 9.17) is 9.84 Å². The standard InChI is InChI=1S/C18H25N3O2/c1-14-13-19-17-15(5-3-6-16(17)23-2)18(14)21-10-8-20(9-11-21)7-4-12-22/h3,5-6,13,22H,4,7-12H2,1-2H3. The number of aliphatic hydroxyl groups excluding tert-OH is 1. The Morgan fingerprint density at radius 1 is 1.22 bits per heavy atom. The second-order valence-corrected chi connectivity index (χ2v) is 6.05. The number of aryl methyl sites for hydroxylation is 1. The van der Waals surface area contributed by atoms with Gasteiger partial charge in [-0.1, -0.05) is 12.1 Å². The predicted octanol–water partition coefficient (Wildman–Crippen LogP) is 2.06. The SMILES string of the molecule is COc1cccc2c(N3CCN(CCCO)CC3)c(C)cnc12. The Morgan fingerprint density at radius 2 is 2.00 bits per heavy atom. The fourth-order valence-electron chi connectivity index (χ4n) is 3.36. The van der Waals surface area contributed by atoms with Crippen LogP contribution in [0, 0.1) is 6.92 Å². The van der Waals surface area contributed by atoms with Gasteiger partial charge in [0, 0.05) is 50.9 Å². The van der Waals surface area contributed by atoms with E-state index in [1.54, 1.807) is 7.11 Å². The van der Waals surface area contributed by atoms with Gasteiger partial charge in [-0.25, -0.2) is 0 Å². The van der Waals surface area contributed by atoms with Crippen LogP contribution < -0.4 is 9.64 Å². The molecule has 0 spiro atoms. The summed E-state index contributed by atoms with van der Waals surface area (Å²) in [6, 6.07) is 6.12. The van der Waals surface area contributed by atoms with E-state index in [0.29, 0.717) is 0 Å². The van der Waals surface area contributed by atoms with E-state index in [9.17, 15) is 0 Å². The van der Waals surface area contributed by atoms with Crippen LogP contribution in [0.2, 0.25) is 0 Å². The van der Waals surface area contributed by atoms with Gasteiger partial charge in [0.05, 0.1) is 12.8 Å². The molecular formula is C18H25N3O2. The summed E-state index contributed by atoms with van der Waals surface area (Å²) >= 11 is 0. The highest BCUT2D eigenvalue weighted by atomic mass is 16.5. The molecule has 124 valence electrons. The average molecular weight is 315 g/mol. The maximum atomic E-state index is 8.98. The molecule has 1 fully saturated rings. The topological polar surface area (TPSA) is 48.8 Å². The summed E-state index contributed by atoms with van der Waals surface area (Å²) in [5.74, 6) is 0.824. The predicted molar refractivity (Wildman–Crippen MR) is 93.4 cm³/mol. The zero-order valence-corrected chi connectivity index (χ0v) is 14.0. The fourth-order valence-corrected chi connectivity index (χ4v) is 3.36. The van der Waals surface area contributed by atoms with Gasteiger partial charge in [-0.3, -0.25) is 9.88 Å². The molecule has 1 N–H and O–H groups in total. The van der Waals surface area contributed by atoms with Gasteiger partial charge in [0.25, 0.3) is 0 Å². The molecule has 2 aromatic rings. The Kier molecular flexibility index (Phi) is 4.98. The van der Waals surface area contributed by atoms with Crippen molar-refractivity contribution < 1.29 is 9.84 Å². The molecule has 5 nitrogen and oxygen atoms in total. The van der Waals surface area contributed by atoms with Crippen LogP contribution in [-0.4, -0.2) is 61.4 Å². The highest BCUT2D eigenvalue weighted by Crippen LogP contribution is 2.34. The van der Waals surface area contributed by atoms with Gasteiger partial charge in [-0.05, 0) is 25.0 Å². The normalized spacial score (nSPS) is 16.0. The van der Waals surface area contributed by atoms with Crippen LogP contribution in [-0.2, 0) is 0 Å². The number of hydrogen-bond acceptors (Lipinski definition) is 5. The Morgan fingerprint density at radius 3 is 2.70 bits per heavy atom. The Bertz CT molecular complexity index is 667. The van der Waals surface area contributed by atoms with E-state index in [0.717, 1.165) is 55.8 Å². The lowest BCUT2D eigenvalue weighted by Crippen LogP contribution is -2.47. The van der Waals surface area contributed by atoms with Gasteiger partial charge in [0.1, 0.15) is 11.3 Å². The van der Waals surface area contributed by atoms with Crippen molar-refractivity contribution in [3.8, 4) is 5.75 Å². The summed E-state index contributed by atoms with van der Waals surface area (Å²) in [5.41, 5.74) is 3.41. The molecule has 3 rings (SSSR count). The number of ether oxygens (including phenoxy) is 1. The first-order valence-corrected chi connectivity index (χ1v) is 8.25. The Balaban J connectivity index is 1.87. The van der Waals surface area contributed by atoms with E-state index in [1.165, 1.54) is 11.3 Å². The van der Waals surface area contributed by atoms with Crippen molar-refractivity contribution >= 4 is 16.6 Å². The molecule has 0 atom stereocenters. The van der Waals surface area contributed by atoms with Crippen molar-refractivity contribution in [3.63, 3.8) is 0 Å². The van der Waals surface area contributed by atoms with Crippen molar-refractivity contribution in [1.82, 2.24) is 9.88 Å². The zero-order chi connectivity index (χ0) is 16.2. The molecule has 23 heavy (non-hydrogen) atoms. The third-order valence-electron chi connectivity index (χ3n) is 4.56. The molecule has 0 bridgehead atoms. The van der Waals surface area contributed by atoms with Crippen LogP contribution in [0.15, 0.2) is 24.4 Å². The van der Waals surface area contributed by atoms with Crippen LogP contribution in [0.4, 0.5) is 5.69 Å². The minimum Gasteiger partial charge on any atom is -0.494 e. The van der Waals surface area contributed by atoms with E-state index in [1.807, 2.05) is 18.3 Å². The van der Waals surface area contributed by atoms with Crippen molar-refractivity contribution in [1.29, 1.82) is 0 Å². The first kappa shape index (κ1) is 16.0. The molecule has 1 aromatic heterocycles. The molecule has 0 unspecified atom stereocenters. The van der Waals surface area contributed by atoms with E-state index >= 15 is 0 Å². The Labute approximate surface area is 137 Å². The minimum absolute atomic E-state index is 0.272. The second-order valence-electron chi connectivity index (χ2n) is 6.05. The van der Waals surface area contributed by atoms with Crippen LogP contribution in [0.5, 0.6) is 5.75 Å². The number of hydrogen-bond donors (Lipinski definition) is 1. The molecule has 2 heterocycles. The number of piperazine rings is 1. The number of aromatic nitrogens is 1. The number of benzene rings is 1. The second kappa shape index (κ2) is 7.15. The summed E-state index contributed by atoms with van der Waals surface area (Å²) in [6.07, 6.45) is 2.80. The molecular weight excluding hydrogens is 290 g/mol. The summed E-state index contributed by atoms with van der Waals surface area (Å²) in [4.78, 5) is 9.45. The van der Waals surface area contributed by atoms with Gasteiger partial charge in [0.2, 0.25) is 0 Å². The largest absolute Gasteiger partial charge is 0.494 e. The molecule has 0 radical (unpaired) electrons. The molecule has 0 saturated carbocycles. The summed E-state index contributed by atoms with van der Waals surface area (Å²) in [6.45, 7) is 7.45. The summed E-state index contributed by atoms with van der Waals surface area (Å²) < 4.78 is 5.46. The van der Waals surface area contributed by atoms with E-state index in [2.05, 4.69) is 27.8 Å². The summed E-state index contributed by atoms with van der Waals surface area (Å²) in [5, 5.41) is 10.1.